The summed E-state index contributed by atoms with van der Waals surface area (Å²) >= 11 is 0. The number of carbonyl (C=O) groups is 1. The second-order valence-corrected chi connectivity index (χ2v) is 5.54. The molecule has 0 spiro atoms. The van der Waals surface area contributed by atoms with Crippen LogP contribution in [0.1, 0.15) is 45.1 Å². The van der Waals surface area contributed by atoms with Crippen LogP contribution in [0.5, 0.6) is 0 Å². The molecule has 0 radical (unpaired) electrons. The van der Waals surface area contributed by atoms with Gasteiger partial charge < -0.3 is 15.7 Å². The molecule has 0 aliphatic heterocycles. The zero-order chi connectivity index (χ0) is 14.8. The fourth-order valence-electron chi connectivity index (χ4n) is 2.30. The van der Waals surface area contributed by atoms with Gasteiger partial charge in [0.15, 0.2) is 0 Å². The van der Waals surface area contributed by atoms with Gasteiger partial charge in [0, 0.05) is 13.1 Å². The van der Waals surface area contributed by atoms with Gasteiger partial charge in [0.05, 0.1) is 5.54 Å². The summed E-state index contributed by atoms with van der Waals surface area (Å²) in [5.41, 5.74) is 0.800. The minimum Gasteiger partial charge on any atom is -0.465 e. The van der Waals surface area contributed by atoms with Gasteiger partial charge in [-0.3, -0.25) is 0 Å². The standard InChI is InChI=1S/C16H26N2O2/c1-3-4-8-11-16(2,18-15(19)20)13-17-12-14-9-6-5-7-10-14/h5-7,9-10,17-18H,3-4,8,11-13H2,1-2H3,(H,19,20). The maximum atomic E-state index is 10.9. The molecule has 0 saturated carbocycles. The predicted octanol–water partition coefficient (Wildman–Crippen LogP) is 3.38. The molecule has 1 amide bonds. The van der Waals surface area contributed by atoms with E-state index in [0.29, 0.717) is 6.54 Å². The highest BCUT2D eigenvalue weighted by Gasteiger charge is 2.25. The van der Waals surface area contributed by atoms with Gasteiger partial charge in [0.2, 0.25) is 0 Å². The van der Waals surface area contributed by atoms with E-state index >= 15 is 0 Å². The van der Waals surface area contributed by atoms with Crippen molar-refractivity contribution in [3.05, 3.63) is 35.9 Å². The quantitative estimate of drug-likeness (QED) is 0.607. The first kappa shape index (κ1) is 16.5. The van der Waals surface area contributed by atoms with Gasteiger partial charge in [0.1, 0.15) is 0 Å². The Morgan fingerprint density at radius 2 is 1.95 bits per heavy atom. The SMILES string of the molecule is CCCCCC(C)(CNCc1ccccc1)NC(=O)O. The molecule has 0 bridgehead atoms. The molecule has 0 fully saturated rings. The highest BCUT2D eigenvalue weighted by atomic mass is 16.4. The third kappa shape index (κ3) is 6.57. The molecule has 0 aliphatic rings. The van der Waals surface area contributed by atoms with Crippen LogP contribution in [0.15, 0.2) is 30.3 Å². The normalized spacial score (nSPS) is 13.7. The van der Waals surface area contributed by atoms with Crippen LogP contribution in [-0.2, 0) is 6.54 Å². The first-order valence-corrected chi connectivity index (χ1v) is 7.31. The van der Waals surface area contributed by atoms with Crippen molar-refractivity contribution in [2.75, 3.05) is 6.54 Å². The van der Waals surface area contributed by atoms with E-state index in [1.165, 1.54) is 5.56 Å². The molecule has 0 heterocycles. The lowest BCUT2D eigenvalue weighted by Gasteiger charge is -2.30. The summed E-state index contributed by atoms with van der Waals surface area (Å²) in [6, 6.07) is 10.1. The minimum absolute atomic E-state index is 0.407. The van der Waals surface area contributed by atoms with Crippen LogP contribution < -0.4 is 10.6 Å². The van der Waals surface area contributed by atoms with Crippen LogP contribution in [0.4, 0.5) is 4.79 Å². The number of hydrogen-bond donors (Lipinski definition) is 3. The Hall–Kier alpha value is -1.55. The number of hydrogen-bond acceptors (Lipinski definition) is 2. The lowest BCUT2D eigenvalue weighted by atomic mass is 9.94. The average Bonchev–Trinajstić information content (AvgIpc) is 2.39. The van der Waals surface area contributed by atoms with Crippen LogP contribution in [0.25, 0.3) is 0 Å². The lowest BCUT2D eigenvalue weighted by Crippen LogP contribution is -2.52. The van der Waals surface area contributed by atoms with Gasteiger partial charge >= 0.3 is 6.09 Å². The molecule has 3 N–H and O–H groups in total. The number of rotatable bonds is 9. The van der Waals surface area contributed by atoms with E-state index < -0.39 is 11.6 Å². The predicted molar refractivity (Wildman–Crippen MR) is 81.9 cm³/mol. The summed E-state index contributed by atoms with van der Waals surface area (Å²) in [4.78, 5) is 10.9. The first-order valence-electron chi connectivity index (χ1n) is 7.31. The maximum absolute atomic E-state index is 10.9. The Morgan fingerprint density at radius 3 is 2.55 bits per heavy atom. The van der Waals surface area contributed by atoms with Gasteiger partial charge in [-0.05, 0) is 18.9 Å². The highest BCUT2D eigenvalue weighted by Crippen LogP contribution is 2.14. The van der Waals surface area contributed by atoms with Gasteiger partial charge in [-0.25, -0.2) is 4.79 Å². The third-order valence-electron chi connectivity index (χ3n) is 3.43. The molecule has 1 unspecified atom stereocenters. The molecule has 1 aromatic carbocycles. The zero-order valence-corrected chi connectivity index (χ0v) is 12.5. The van der Waals surface area contributed by atoms with E-state index in [-0.39, 0.29) is 0 Å². The van der Waals surface area contributed by atoms with Crippen molar-refractivity contribution in [3.63, 3.8) is 0 Å². The fraction of sp³-hybridized carbons (Fsp3) is 0.562. The van der Waals surface area contributed by atoms with Crippen LogP contribution >= 0.6 is 0 Å². The van der Waals surface area contributed by atoms with Crippen molar-refractivity contribution < 1.29 is 9.90 Å². The molecule has 20 heavy (non-hydrogen) atoms. The summed E-state index contributed by atoms with van der Waals surface area (Å²) in [5, 5.41) is 15.0. The smallest absolute Gasteiger partial charge is 0.405 e. The van der Waals surface area contributed by atoms with Gasteiger partial charge in [-0.1, -0.05) is 56.5 Å². The Morgan fingerprint density at radius 1 is 1.25 bits per heavy atom. The largest absolute Gasteiger partial charge is 0.465 e. The number of carboxylic acid groups (broad SMARTS) is 1. The molecule has 112 valence electrons. The number of benzene rings is 1. The number of nitrogens with one attached hydrogen (secondary N) is 2. The van der Waals surface area contributed by atoms with Crippen molar-refractivity contribution in [3.8, 4) is 0 Å². The van der Waals surface area contributed by atoms with E-state index in [0.717, 1.165) is 32.2 Å². The van der Waals surface area contributed by atoms with Crippen molar-refractivity contribution in [1.82, 2.24) is 10.6 Å². The zero-order valence-electron chi connectivity index (χ0n) is 12.5. The molecular formula is C16H26N2O2. The van der Waals surface area contributed by atoms with Crippen LogP contribution in [0.2, 0.25) is 0 Å². The summed E-state index contributed by atoms with van der Waals surface area (Å²) in [7, 11) is 0. The summed E-state index contributed by atoms with van der Waals surface area (Å²) < 4.78 is 0. The van der Waals surface area contributed by atoms with Crippen molar-refractivity contribution in [2.24, 2.45) is 0 Å². The minimum atomic E-state index is -0.953. The number of unbranched alkanes of at least 4 members (excludes halogenated alkanes) is 2. The van der Waals surface area contributed by atoms with Gasteiger partial charge in [-0.15, -0.1) is 0 Å². The second kappa shape index (κ2) is 8.59. The monoisotopic (exact) mass is 278 g/mol. The summed E-state index contributed by atoms with van der Waals surface area (Å²) in [6.45, 7) is 5.51. The molecule has 0 saturated heterocycles. The molecule has 1 rings (SSSR count). The van der Waals surface area contributed by atoms with Crippen LogP contribution in [0.3, 0.4) is 0 Å². The Bertz CT molecular complexity index is 395. The lowest BCUT2D eigenvalue weighted by molar-refractivity contribution is 0.176. The second-order valence-electron chi connectivity index (χ2n) is 5.54. The van der Waals surface area contributed by atoms with Crippen LogP contribution in [0, 0.1) is 0 Å². The Kier molecular flexibility index (Phi) is 7.09. The van der Waals surface area contributed by atoms with Crippen LogP contribution in [-0.4, -0.2) is 23.3 Å². The fourth-order valence-corrected chi connectivity index (χ4v) is 2.30. The van der Waals surface area contributed by atoms with E-state index in [1.807, 2.05) is 25.1 Å². The highest BCUT2D eigenvalue weighted by molar-refractivity contribution is 5.65. The summed E-state index contributed by atoms with van der Waals surface area (Å²) in [5.74, 6) is 0. The topological polar surface area (TPSA) is 61.4 Å². The van der Waals surface area contributed by atoms with Crippen molar-refractivity contribution in [1.29, 1.82) is 0 Å². The van der Waals surface area contributed by atoms with Gasteiger partial charge in [0.25, 0.3) is 0 Å². The third-order valence-corrected chi connectivity index (χ3v) is 3.43. The molecule has 4 nitrogen and oxygen atoms in total. The summed E-state index contributed by atoms with van der Waals surface area (Å²) in [6.07, 6.45) is 3.22. The van der Waals surface area contributed by atoms with E-state index in [2.05, 4.69) is 29.7 Å². The molecule has 0 aliphatic carbocycles. The maximum Gasteiger partial charge on any atom is 0.405 e. The van der Waals surface area contributed by atoms with Crippen molar-refractivity contribution in [2.45, 2.75) is 51.6 Å². The van der Waals surface area contributed by atoms with Gasteiger partial charge in [-0.2, -0.15) is 0 Å². The molecule has 1 aromatic rings. The molecule has 0 aromatic heterocycles. The molecule has 4 heteroatoms. The Labute approximate surface area is 121 Å². The van der Waals surface area contributed by atoms with E-state index in [4.69, 9.17) is 5.11 Å². The van der Waals surface area contributed by atoms with E-state index in [1.54, 1.807) is 0 Å². The average molecular weight is 278 g/mol. The molecule has 1 atom stereocenters. The van der Waals surface area contributed by atoms with Crippen molar-refractivity contribution >= 4 is 6.09 Å². The first-order chi connectivity index (χ1) is 9.56. The Balaban J connectivity index is 2.44. The number of amides is 1. The van der Waals surface area contributed by atoms with E-state index in [9.17, 15) is 4.79 Å². The molecular weight excluding hydrogens is 252 g/mol.